The molecule has 138 valence electrons. The van der Waals surface area contributed by atoms with Gasteiger partial charge in [-0.2, -0.15) is 0 Å². The molecule has 1 N–H and O–H groups in total. The maximum atomic E-state index is 12.3. The minimum Gasteiger partial charge on any atom is -0.378 e. The molecule has 0 spiro atoms. The van der Waals surface area contributed by atoms with Crippen molar-refractivity contribution in [2.24, 2.45) is 0 Å². The standard InChI is InChI=1S/C20H30N2O3/c1-16(21-20(23)13-18-9-5-6-11-24-18)19-15-22(10-12-25-19)14-17-7-3-2-4-8-17/h2-4,7-8,16,18-19H,5-6,9-15H2,1H3,(H,21,23). The Morgan fingerprint density at radius 2 is 2.08 bits per heavy atom. The van der Waals surface area contributed by atoms with Crippen molar-refractivity contribution < 1.29 is 14.3 Å². The van der Waals surface area contributed by atoms with Crippen LogP contribution in [0.4, 0.5) is 0 Å². The molecule has 2 aliphatic rings. The van der Waals surface area contributed by atoms with Crippen molar-refractivity contribution in [2.45, 2.75) is 57.4 Å². The van der Waals surface area contributed by atoms with Gasteiger partial charge in [0, 0.05) is 26.2 Å². The number of nitrogens with zero attached hydrogens (tertiary/aromatic N) is 1. The largest absolute Gasteiger partial charge is 0.378 e. The molecule has 0 radical (unpaired) electrons. The fraction of sp³-hybridized carbons (Fsp3) is 0.650. The van der Waals surface area contributed by atoms with E-state index in [4.69, 9.17) is 9.47 Å². The Kier molecular flexibility index (Phi) is 6.84. The number of benzene rings is 1. The zero-order valence-corrected chi connectivity index (χ0v) is 15.2. The van der Waals surface area contributed by atoms with Crippen LogP contribution >= 0.6 is 0 Å². The summed E-state index contributed by atoms with van der Waals surface area (Å²) in [7, 11) is 0. The van der Waals surface area contributed by atoms with Crippen molar-refractivity contribution in [3.8, 4) is 0 Å². The Labute approximate surface area is 150 Å². The highest BCUT2D eigenvalue weighted by atomic mass is 16.5. The van der Waals surface area contributed by atoms with Crippen LogP contribution in [0.15, 0.2) is 30.3 Å². The number of hydrogen-bond donors (Lipinski definition) is 1. The van der Waals surface area contributed by atoms with Gasteiger partial charge >= 0.3 is 0 Å². The fourth-order valence-electron chi connectivity index (χ4n) is 3.60. The van der Waals surface area contributed by atoms with Gasteiger partial charge in [0.25, 0.3) is 0 Å². The van der Waals surface area contributed by atoms with Gasteiger partial charge in [0.05, 0.1) is 31.3 Å². The minimum absolute atomic E-state index is 0.00895. The Morgan fingerprint density at radius 3 is 2.84 bits per heavy atom. The average Bonchev–Trinajstić information content (AvgIpc) is 2.63. The number of nitrogens with one attached hydrogen (secondary N) is 1. The number of carbonyl (C=O) groups is 1. The van der Waals surface area contributed by atoms with E-state index in [2.05, 4.69) is 34.5 Å². The zero-order valence-electron chi connectivity index (χ0n) is 15.2. The fourth-order valence-corrected chi connectivity index (χ4v) is 3.60. The van der Waals surface area contributed by atoms with Crippen molar-refractivity contribution in [3.05, 3.63) is 35.9 Å². The van der Waals surface area contributed by atoms with E-state index in [9.17, 15) is 4.79 Å². The minimum atomic E-state index is 0.00895. The number of morpholine rings is 1. The lowest BCUT2D eigenvalue weighted by Crippen LogP contribution is -2.52. The van der Waals surface area contributed by atoms with Crippen molar-refractivity contribution in [3.63, 3.8) is 0 Å². The zero-order chi connectivity index (χ0) is 17.5. The van der Waals surface area contributed by atoms with Crippen LogP contribution in [0.5, 0.6) is 0 Å². The number of hydrogen-bond acceptors (Lipinski definition) is 4. The van der Waals surface area contributed by atoms with Gasteiger partial charge in [-0.3, -0.25) is 9.69 Å². The monoisotopic (exact) mass is 346 g/mol. The second kappa shape index (κ2) is 9.32. The van der Waals surface area contributed by atoms with E-state index in [1.165, 1.54) is 5.56 Å². The Balaban J connectivity index is 1.44. The summed E-state index contributed by atoms with van der Waals surface area (Å²) in [5.74, 6) is 0.0724. The van der Waals surface area contributed by atoms with E-state index >= 15 is 0 Å². The lowest BCUT2D eigenvalue weighted by molar-refractivity contribution is -0.127. The van der Waals surface area contributed by atoms with E-state index in [1.54, 1.807) is 0 Å². The molecule has 0 aromatic heterocycles. The molecular weight excluding hydrogens is 316 g/mol. The summed E-state index contributed by atoms with van der Waals surface area (Å²) in [4.78, 5) is 14.7. The van der Waals surface area contributed by atoms with Gasteiger partial charge in [-0.15, -0.1) is 0 Å². The predicted octanol–water partition coefficient (Wildman–Crippen LogP) is 2.35. The normalized spacial score (nSPS) is 26.1. The lowest BCUT2D eigenvalue weighted by Gasteiger charge is -2.36. The molecule has 2 fully saturated rings. The molecule has 1 aromatic rings. The van der Waals surface area contributed by atoms with Gasteiger partial charge in [0.1, 0.15) is 0 Å². The molecule has 2 heterocycles. The summed E-state index contributed by atoms with van der Waals surface area (Å²) in [6.45, 7) is 6.24. The summed E-state index contributed by atoms with van der Waals surface area (Å²) in [6.07, 6.45) is 3.85. The molecule has 3 atom stereocenters. The summed E-state index contributed by atoms with van der Waals surface area (Å²) in [6, 6.07) is 10.5. The molecule has 2 aliphatic heterocycles. The van der Waals surface area contributed by atoms with Crippen LogP contribution in [0.25, 0.3) is 0 Å². The third-order valence-electron chi connectivity index (χ3n) is 5.06. The van der Waals surface area contributed by atoms with Crippen LogP contribution in [-0.4, -0.2) is 55.4 Å². The van der Waals surface area contributed by atoms with Crippen LogP contribution in [0.2, 0.25) is 0 Å². The van der Waals surface area contributed by atoms with E-state index in [0.29, 0.717) is 13.0 Å². The van der Waals surface area contributed by atoms with Gasteiger partial charge in [0.15, 0.2) is 0 Å². The van der Waals surface area contributed by atoms with E-state index < -0.39 is 0 Å². The van der Waals surface area contributed by atoms with Crippen LogP contribution < -0.4 is 5.32 Å². The number of ether oxygens (including phenoxy) is 2. The molecule has 0 bridgehead atoms. The van der Waals surface area contributed by atoms with Crippen LogP contribution in [0.3, 0.4) is 0 Å². The summed E-state index contributed by atoms with van der Waals surface area (Å²) >= 11 is 0. The summed E-state index contributed by atoms with van der Waals surface area (Å²) in [5, 5.41) is 3.11. The highest BCUT2D eigenvalue weighted by molar-refractivity contribution is 5.76. The molecule has 2 saturated heterocycles. The van der Waals surface area contributed by atoms with Crippen LogP contribution in [0, 0.1) is 0 Å². The molecule has 3 unspecified atom stereocenters. The maximum absolute atomic E-state index is 12.3. The molecule has 5 heteroatoms. The van der Waals surface area contributed by atoms with Gasteiger partial charge in [-0.1, -0.05) is 30.3 Å². The Hall–Kier alpha value is -1.43. The topological polar surface area (TPSA) is 50.8 Å². The number of rotatable bonds is 6. The molecule has 0 aliphatic carbocycles. The molecule has 1 aromatic carbocycles. The number of amides is 1. The summed E-state index contributed by atoms with van der Waals surface area (Å²) < 4.78 is 11.6. The second-order valence-electron chi connectivity index (χ2n) is 7.18. The predicted molar refractivity (Wildman–Crippen MR) is 97.3 cm³/mol. The third-order valence-corrected chi connectivity index (χ3v) is 5.06. The highest BCUT2D eigenvalue weighted by Gasteiger charge is 2.27. The van der Waals surface area contributed by atoms with Crippen LogP contribution in [0.1, 0.15) is 38.2 Å². The van der Waals surface area contributed by atoms with E-state index in [1.807, 2.05) is 13.0 Å². The maximum Gasteiger partial charge on any atom is 0.222 e. The highest BCUT2D eigenvalue weighted by Crippen LogP contribution is 2.16. The molecule has 0 saturated carbocycles. The van der Waals surface area contributed by atoms with Crippen molar-refractivity contribution in [1.82, 2.24) is 10.2 Å². The van der Waals surface area contributed by atoms with E-state index in [-0.39, 0.29) is 24.2 Å². The smallest absolute Gasteiger partial charge is 0.222 e. The number of carbonyl (C=O) groups excluding carboxylic acids is 1. The van der Waals surface area contributed by atoms with E-state index in [0.717, 1.165) is 45.5 Å². The molecule has 3 rings (SSSR count). The van der Waals surface area contributed by atoms with Crippen molar-refractivity contribution >= 4 is 5.91 Å². The quantitative estimate of drug-likeness (QED) is 0.859. The first-order valence-electron chi connectivity index (χ1n) is 9.49. The molecule has 25 heavy (non-hydrogen) atoms. The lowest BCUT2D eigenvalue weighted by atomic mass is 10.1. The first-order chi connectivity index (χ1) is 12.2. The van der Waals surface area contributed by atoms with Gasteiger partial charge in [0.2, 0.25) is 5.91 Å². The van der Waals surface area contributed by atoms with Gasteiger partial charge in [-0.05, 0) is 31.7 Å². The SMILES string of the molecule is CC(NC(=O)CC1CCCCO1)C1CN(Cc2ccccc2)CCO1. The van der Waals surface area contributed by atoms with Crippen molar-refractivity contribution in [2.75, 3.05) is 26.3 Å². The van der Waals surface area contributed by atoms with Gasteiger partial charge < -0.3 is 14.8 Å². The Morgan fingerprint density at radius 1 is 1.24 bits per heavy atom. The first kappa shape index (κ1) is 18.4. The third kappa shape index (κ3) is 5.80. The first-order valence-corrected chi connectivity index (χ1v) is 9.49. The second-order valence-corrected chi connectivity index (χ2v) is 7.18. The molecular formula is C20H30N2O3. The molecule has 5 nitrogen and oxygen atoms in total. The molecule has 1 amide bonds. The van der Waals surface area contributed by atoms with Gasteiger partial charge in [-0.25, -0.2) is 0 Å². The average molecular weight is 346 g/mol. The van der Waals surface area contributed by atoms with Crippen molar-refractivity contribution in [1.29, 1.82) is 0 Å². The Bertz CT molecular complexity index is 531. The summed E-state index contributed by atoms with van der Waals surface area (Å²) in [5.41, 5.74) is 1.31. The van der Waals surface area contributed by atoms with Crippen LogP contribution in [-0.2, 0) is 20.8 Å².